The molecule has 0 aliphatic heterocycles. The summed E-state index contributed by atoms with van der Waals surface area (Å²) in [4.78, 5) is 82.9. The maximum atomic E-state index is 13.1. The van der Waals surface area contributed by atoms with Gasteiger partial charge in [-0.2, -0.15) is 0 Å². The zero-order valence-corrected chi connectivity index (χ0v) is 30.8. The van der Waals surface area contributed by atoms with E-state index in [2.05, 4.69) is 5.32 Å². The lowest BCUT2D eigenvalue weighted by atomic mass is 9.87. The molecule has 15 nitrogen and oxygen atoms in total. The minimum absolute atomic E-state index is 0.0548. The zero-order valence-electron chi connectivity index (χ0n) is 30.8. The zero-order chi connectivity index (χ0) is 39.1. The molecular formula is C36H61NO14. The number of unbranched alkanes of at least 4 members (excludes halogenated alkanes) is 6. The minimum Gasteiger partial charge on any atom is -0.481 e. The number of aliphatic hydroxyl groups is 1. The van der Waals surface area contributed by atoms with E-state index in [1.807, 2.05) is 13.8 Å². The first-order valence-corrected chi connectivity index (χ1v) is 18.1. The Kier molecular flexibility index (Phi) is 24.2. The maximum Gasteiger partial charge on any atom is 0.307 e. The number of hydrogen-bond acceptors (Lipinski definition) is 10. The molecule has 0 fully saturated rings. The van der Waals surface area contributed by atoms with Crippen LogP contribution >= 0.6 is 0 Å². The Bertz CT molecular complexity index is 1110. The van der Waals surface area contributed by atoms with E-state index in [-0.39, 0.29) is 30.2 Å². The molecule has 0 saturated carbocycles. The number of carboxylic acid groups (broad SMARTS) is 4. The fraction of sp³-hybridized carbons (Fsp3) is 0.806. The first-order valence-electron chi connectivity index (χ1n) is 18.1. The second-order valence-corrected chi connectivity index (χ2v) is 13.9. The van der Waals surface area contributed by atoms with E-state index in [9.17, 15) is 48.9 Å². The topological polar surface area (TPSA) is 251 Å². The molecule has 0 aromatic heterocycles. The van der Waals surface area contributed by atoms with Gasteiger partial charge in [-0.25, -0.2) is 0 Å². The van der Waals surface area contributed by atoms with E-state index in [1.165, 1.54) is 6.92 Å². The number of ether oxygens (including phenoxy) is 2. The highest BCUT2D eigenvalue weighted by Gasteiger charge is 2.37. The number of aliphatic carboxylic acids is 4. The van der Waals surface area contributed by atoms with Crippen LogP contribution < -0.4 is 5.32 Å². The number of amides is 1. The standard InChI is InChI=1S/C36H61NO14/c1-6-7-15-23(3)34(51-33(45)21-27(36(48)49)19-31(42)43)29(50-32(44)20-26(35(46)47)18-30(40)41)17-22(2)14-12-10-8-9-11-13-16-28(39)24(4)37-25(5)38/h22-24,26-29,34,39H,6-21H2,1-5H3,(H,37,38)(H,40,41)(H,42,43)(H,46,47)(H,48,49). The van der Waals surface area contributed by atoms with Gasteiger partial charge < -0.3 is 40.3 Å². The van der Waals surface area contributed by atoms with Crippen LogP contribution in [0.15, 0.2) is 0 Å². The largest absolute Gasteiger partial charge is 0.481 e. The lowest BCUT2D eigenvalue weighted by molar-refractivity contribution is -0.177. The van der Waals surface area contributed by atoms with Crippen LogP contribution in [-0.4, -0.2) is 91.6 Å². The molecule has 0 aliphatic rings. The molecule has 6 N–H and O–H groups in total. The van der Waals surface area contributed by atoms with Crippen LogP contribution in [0.5, 0.6) is 0 Å². The number of aliphatic hydroxyl groups excluding tert-OH is 1. The fourth-order valence-corrected chi connectivity index (χ4v) is 5.97. The molecule has 0 saturated heterocycles. The SMILES string of the molecule is CCCCC(C)C(OC(=O)CC(CC(=O)O)C(=O)O)C(CC(C)CCCCCCCCC(O)C(C)NC(C)=O)OC(=O)CC(CC(=O)O)C(=O)O. The lowest BCUT2D eigenvalue weighted by Crippen LogP contribution is -2.42. The molecule has 0 rings (SSSR count). The third-order valence-electron chi connectivity index (χ3n) is 8.95. The first-order chi connectivity index (χ1) is 23.9. The van der Waals surface area contributed by atoms with Gasteiger partial charge in [0.15, 0.2) is 0 Å². The van der Waals surface area contributed by atoms with Crippen molar-refractivity contribution in [2.75, 3.05) is 0 Å². The van der Waals surface area contributed by atoms with Crippen molar-refractivity contribution in [2.24, 2.45) is 23.7 Å². The van der Waals surface area contributed by atoms with Crippen LogP contribution in [0.1, 0.15) is 137 Å². The molecule has 15 heteroatoms. The Morgan fingerprint density at radius 2 is 1.10 bits per heavy atom. The van der Waals surface area contributed by atoms with E-state index in [0.29, 0.717) is 12.8 Å². The van der Waals surface area contributed by atoms with Gasteiger partial charge in [-0.15, -0.1) is 0 Å². The normalized spacial score (nSPS) is 16.0. The lowest BCUT2D eigenvalue weighted by Gasteiger charge is -2.33. The van der Waals surface area contributed by atoms with Crippen molar-refractivity contribution in [1.29, 1.82) is 0 Å². The molecule has 0 bridgehead atoms. The van der Waals surface area contributed by atoms with Gasteiger partial charge in [-0.3, -0.25) is 33.6 Å². The predicted molar refractivity (Wildman–Crippen MR) is 184 cm³/mol. The van der Waals surface area contributed by atoms with Crippen molar-refractivity contribution in [3.63, 3.8) is 0 Å². The van der Waals surface area contributed by atoms with Crippen LogP contribution in [0.2, 0.25) is 0 Å². The van der Waals surface area contributed by atoms with Crippen LogP contribution in [0.3, 0.4) is 0 Å². The summed E-state index contributed by atoms with van der Waals surface area (Å²) in [6.45, 7) is 8.86. The van der Waals surface area contributed by atoms with E-state index in [0.717, 1.165) is 57.8 Å². The van der Waals surface area contributed by atoms with Crippen LogP contribution in [0.25, 0.3) is 0 Å². The van der Waals surface area contributed by atoms with Gasteiger partial charge in [0, 0.05) is 6.92 Å². The van der Waals surface area contributed by atoms with Crippen LogP contribution in [0, 0.1) is 23.7 Å². The first kappa shape index (κ1) is 47.2. The summed E-state index contributed by atoms with van der Waals surface area (Å²) < 4.78 is 11.5. The number of hydrogen-bond donors (Lipinski definition) is 6. The molecular weight excluding hydrogens is 670 g/mol. The average molecular weight is 732 g/mol. The van der Waals surface area contributed by atoms with Gasteiger partial charge >= 0.3 is 35.8 Å². The molecule has 0 spiro atoms. The van der Waals surface area contributed by atoms with E-state index >= 15 is 0 Å². The van der Waals surface area contributed by atoms with E-state index in [1.54, 1.807) is 13.8 Å². The van der Waals surface area contributed by atoms with E-state index < -0.39 is 91.6 Å². The van der Waals surface area contributed by atoms with Crippen molar-refractivity contribution in [3.8, 4) is 0 Å². The molecule has 294 valence electrons. The van der Waals surface area contributed by atoms with Gasteiger partial charge in [-0.05, 0) is 38.0 Å². The molecule has 0 aromatic carbocycles. The summed E-state index contributed by atoms with van der Waals surface area (Å²) in [5.41, 5.74) is 0. The highest BCUT2D eigenvalue weighted by atomic mass is 16.6. The van der Waals surface area contributed by atoms with Crippen molar-refractivity contribution < 1.29 is 68.6 Å². The molecule has 1 amide bonds. The summed E-state index contributed by atoms with van der Waals surface area (Å²) in [5.74, 6) is -11.4. The van der Waals surface area contributed by atoms with Gasteiger partial charge in [-0.1, -0.05) is 78.6 Å². The molecule has 8 atom stereocenters. The van der Waals surface area contributed by atoms with Crippen molar-refractivity contribution in [1.82, 2.24) is 5.32 Å². The smallest absolute Gasteiger partial charge is 0.307 e. The number of esters is 2. The number of carbonyl (C=O) groups excluding carboxylic acids is 3. The third-order valence-corrected chi connectivity index (χ3v) is 8.95. The van der Waals surface area contributed by atoms with Crippen LogP contribution in [-0.2, 0) is 43.0 Å². The second-order valence-electron chi connectivity index (χ2n) is 13.9. The minimum atomic E-state index is -1.54. The molecule has 51 heavy (non-hydrogen) atoms. The van der Waals surface area contributed by atoms with Gasteiger partial charge in [0.25, 0.3) is 0 Å². The summed E-state index contributed by atoms with van der Waals surface area (Å²) in [6.07, 6.45) is 3.28. The highest BCUT2D eigenvalue weighted by Crippen LogP contribution is 2.29. The molecule has 0 radical (unpaired) electrons. The van der Waals surface area contributed by atoms with Crippen molar-refractivity contribution >= 4 is 41.7 Å². The number of rotatable bonds is 30. The van der Waals surface area contributed by atoms with Crippen molar-refractivity contribution in [3.05, 3.63) is 0 Å². The third kappa shape index (κ3) is 22.6. The average Bonchev–Trinajstić information content (AvgIpc) is 3.01. The Morgan fingerprint density at radius 1 is 0.627 bits per heavy atom. The van der Waals surface area contributed by atoms with Gasteiger partial charge in [0.1, 0.15) is 12.2 Å². The quantitative estimate of drug-likeness (QED) is 0.0429. The number of nitrogens with one attached hydrogen (secondary N) is 1. The maximum absolute atomic E-state index is 13.1. The Morgan fingerprint density at radius 3 is 1.55 bits per heavy atom. The predicted octanol–water partition coefficient (Wildman–Crippen LogP) is 4.80. The summed E-state index contributed by atoms with van der Waals surface area (Å²) in [7, 11) is 0. The Labute approximate surface area is 300 Å². The monoisotopic (exact) mass is 731 g/mol. The molecule has 0 aromatic rings. The van der Waals surface area contributed by atoms with E-state index in [4.69, 9.17) is 19.7 Å². The summed E-state index contributed by atoms with van der Waals surface area (Å²) in [6, 6.07) is -0.313. The molecule has 0 aliphatic carbocycles. The van der Waals surface area contributed by atoms with Gasteiger partial charge in [0.05, 0.1) is 49.7 Å². The second kappa shape index (κ2) is 26.1. The van der Waals surface area contributed by atoms with Crippen molar-refractivity contribution in [2.45, 2.75) is 162 Å². The van der Waals surface area contributed by atoms with Gasteiger partial charge in [0.2, 0.25) is 5.91 Å². The molecule has 8 unspecified atom stereocenters. The fourth-order valence-electron chi connectivity index (χ4n) is 5.97. The Hall–Kier alpha value is -3.75. The Balaban J connectivity index is 5.69. The van der Waals surface area contributed by atoms with Crippen LogP contribution in [0.4, 0.5) is 0 Å². The number of carboxylic acids is 4. The number of carbonyl (C=O) groups is 7. The molecule has 0 heterocycles. The summed E-state index contributed by atoms with van der Waals surface area (Å²) >= 11 is 0. The summed E-state index contributed by atoms with van der Waals surface area (Å²) in [5, 5.41) is 50.0. The highest BCUT2D eigenvalue weighted by molar-refractivity contribution is 5.84.